The van der Waals surface area contributed by atoms with E-state index in [1.54, 1.807) is 31.3 Å². The zero-order valence-electron chi connectivity index (χ0n) is 10.8. The highest BCUT2D eigenvalue weighted by molar-refractivity contribution is 9.10. The third kappa shape index (κ3) is 3.37. The Balaban J connectivity index is 2.31. The highest BCUT2D eigenvalue weighted by atomic mass is 79.9. The van der Waals surface area contributed by atoms with Crippen LogP contribution in [0.2, 0.25) is 5.02 Å². The fraction of sp³-hybridized carbons (Fsp3) is 0.200. The molecule has 0 aromatic heterocycles. The van der Waals surface area contributed by atoms with Crippen molar-refractivity contribution in [1.29, 1.82) is 0 Å². The monoisotopic (exact) mass is 359 g/mol. The molecule has 5 heteroatoms. The van der Waals surface area contributed by atoms with Crippen molar-refractivity contribution >= 4 is 27.5 Å². The summed E-state index contributed by atoms with van der Waals surface area (Å²) in [6, 6.07) is 9.15. The van der Waals surface area contributed by atoms with E-state index in [9.17, 15) is 8.78 Å². The molecule has 106 valence electrons. The molecule has 1 atom stereocenters. The Bertz CT molecular complexity index is 619. The minimum atomic E-state index is -0.381. The van der Waals surface area contributed by atoms with Crippen LogP contribution in [0, 0.1) is 11.6 Å². The molecule has 0 aliphatic heterocycles. The Hall–Kier alpha value is -0.970. The van der Waals surface area contributed by atoms with Gasteiger partial charge in [0.2, 0.25) is 0 Å². The number of hydrogen-bond donors (Lipinski definition) is 1. The highest BCUT2D eigenvalue weighted by Gasteiger charge is 2.17. The van der Waals surface area contributed by atoms with Gasteiger partial charge in [0.05, 0.1) is 4.47 Å². The van der Waals surface area contributed by atoms with Gasteiger partial charge >= 0.3 is 0 Å². The van der Waals surface area contributed by atoms with E-state index in [0.29, 0.717) is 21.5 Å². The second-order valence-corrected chi connectivity index (χ2v) is 5.69. The molecule has 0 fully saturated rings. The van der Waals surface area contributed by atoms with E-state index in [1.807, 2.05) is 0 Å². The van der Waals surface area contributed by atoms with Crippen LogP contribution in [0.4, 0.5) is 8.78 Å². The van der Waals surface area contributed by atoms with Gasteiger partial charge in [0.1, 0.15) is 11.6 Å². The van der Waals surface area contributed by atoms with Gasteiger partial charge in [-0.15, -0.1) is 0 Å². The number of hydrogen-bond acceptors (Lipinski definition) is 1. The molecule has 0 heterocycles. The van der Waals surface area contributed by atoms with Crippen LogP contribution in [0.15, 0.2) is 40.9 Å². The Labute approximate surface area is 130 Å². The normalized spacial score (nSPS) is 12.4. The summed E-state index contributed by atoms with van der Waals surface area (Å²) in [6.07, 6.45) is 0.475. The maximum Gasteiger partial charge on any atom is 0.142 e. The quantitative estimate of drug-likeness (QED) is 0.819. The SMILES string of the molecule is CNC(Cc1ccc(F)cc1Cl)c1cccc(Br)c1F. The van der Waals surface area contributed by atoms with Gasteiger partial charge in [-0.3, -0.25) is 0 Å². The summed E-state index contributed by atoms with van der Waals surface area (Å²) >= 11 is 9.19. The molecule has 1 N–H and O–H groups in total. The molecule has 1 unspecified atom stereocenters. The molecule has 2 aromatic carbocycles. The van der Waals surface area contributed by atoms with E-state index >= 15 is 0 Å². The smallest absolute Gasteiger partial charge is 0.142 e. The summed E-state index contributed by atoms with van der Waals surface area (Å²) < 4.78 is 27.6. The van der Waals surface area contributed by atoms with E-state index in [0.717, 1.165) is 5.56 Å². The van der Waals surface area contributed by atoms with Crippen molar-refractivity contribution in [3.8, 4) is 0 Å². The zero-order valence-corrected chi connectivity index (χ0v) is 13.1. The zero-order chi connectivity index (χ0) is 14.7. The molecule has 2 aromatic rings. The third-order valence-electron chi connectivity index (χ3n) is 3.14. The molecule has 20 heavy (non-hydrogen) atoms. The standard InChI is InChI=1S/C15H13BrClF2N/c1-20-14(11-3-2-4-12(16)15(11)19)7-9-5-6-10(18)8-13(9)17/h2-6,8,14,20H,7H2,1H3. The van der Waals surface area contributed by atoms with Crippen LogP contribution >= 0.6 is 27.5 Å². The van der Waals surface area contributed by atoms with E-state index in [1.165, 1.54) is 12.1 Å². The lowest BCUT2D eigenvalue weighted by molar-refractivity contribution is 0.530. The van der Waals surface area contributed by atoms with Gasteiger partial charge in [-0.05, 0) is 53.2 Å². The maximum absolute atomic E-state index is 14.1. The molecule has 0 bridgehead atoms. The summed E-state index contributed by atoms with van der Waals surface area (Å²) in [7, 11) is 1.75. The van der Waals surface area contributed by atoms with Crippen molar-refractivity contribution in [1.82, 2.24) is 5.32 Å². The average Bonchev–Trinajstić information content (AvgIpc) is 2.42. The van der Waals surface area contributed by atoms with E-state index in [4.69, 9.17) is 11.6 Å². The van der Waals surface area contributed by atoms with Crippen LogP contribution in [0.25, 0.3) is 0 Å². The van der Waals surface area contributed by atoms with Crippen molar-refractivity contribution in [2.75, 3.05) is 7.05 Å². The highest BCUT2D eigenvalue weighted by Crippen LogP contribution is 2.28. The summed E-state index contributed by atoms with van der Waals surface area (Å²) in [5.74, 6) is -0.682. The number of nitrogens with one attached hydrogen (secondary N) is 1. The van der Waals surface area contributed by atoms with Gasteiger partial charge in [0.25, 0.3) is 0 Å². The Kier molecular flexibility index (Phi) is 5.13. The summed E-state index contributed by atoms with van der Waals surface area (Å²) in [4.78, 5) is 0. The van der Waals surface area contributed by atoms with Crippen LogP contribution in [-0.4, -0.2) is 7.05 Å². The number of rotatable bonds is 4. The van der Waals surface area contributed by atoms with Crippen molar-refractivity contribution in [3.05, 3.63) is 68.7 Å². The van der Waals surface area contributed by atoms with Crippen LogP contribution in [-0.2, 0) is 6.42 Å². The van der Waals surface area contributed by atoms with Crippen molar-refractivity contribution in [2.24, 2.45) is 0 Å². The van der Waals surface area contributed by atoms with Gasteiger partial charge in [-0.1, -0.05) is 29.8 Å². The van der Waals surface area contributed by atoms with Crippen molar-refractivity contribution in [2.45, 2.75) is 12.5 Å². The van der Waals surface area contributed by atoms with Gasteiger partial charge < -0.3 is 5.32 Å². The fourth-order valence-corrected chi connectivity index (χ4v) is 2.69. The largest absolute Gasteiger partial charge is 0.313 e. The van der Waals surface area contributed by atoms with Crippen LogP contribution in [0.3, 0.4) is 0 Å². The predicted molar refractivity (Wildman–Crippen MR) is 81.0 cm³/mol. The molecule has 1 nitrogen and oxygen atoms in total. The summed E-state index contributed by atoms with van der Waals surface area (Å²) in [5.41, 5.74) is 1.31. The lowest BCUT2D eigenvalue weighted by Crippen LogP contribution is -2.20. The third-order valence-corrected chi connectivity index (χ3v) is 4.11. The van der Waals surface area contributed by atoms with Crippen molar-refractivity contribution in [3.63, 3.8) is 0 Å². The van der Waals surface area contributed by atoms with E-state index in [2.05, 4.69) is 21.2 Å². The minimum absolute atomic E-state index is 0.240. The molecule has 0 radical (unpaired) electrons. The molecule has 0 amide bonds. The molecule has 0 saturated heterocycles. The van der Waals surface area contributed by atoms with Crippen molar-refractivity contribution < 1.29 is 8.78 Å². The second-order valence-electron chi connectivity index (χ2n) is 4.42. The molecule has 0 saturated carbocycles. The van der Waals surface area contributed by atoms with Gasteiger partial charge in [-0.2, -0.15) is 0 Å². The summed E-state index contributed by atoms with van der Waals surface area (Å²) in [5, 5.41) is 3.41. The fourth-order valence-electron chi connectivity index (χ4n) is 2.06. The van der Waals surface area contributed by atoms with Crippen LogP contribution in [0.1, 0.15) is 17.2 Å². The second kappa shape index (κ2) is 6.66. The number of halogens is 4. The molecule has 0 spiro atoms. The lowest BCUT2D eigenvalue weighted by Gasteiger charge is -2.18. The average molecular weight is 361 g/mol. The molecule has 0 aliphatic rings. The topological polar surface area (TPSA) is 12.0 Å². The molecular weight excluding hydrogens is 348 g/mol. The van der Waals surface area contributed by atoms with Gasteiger partial charge in [-0.25, -0.2) is 8.78 Å². The maximum atomic E-state index is 14.1. The first kappa shape index (κ1) is 15.4. The molecule has 0 aliphatic carbocycles. The van der Waals surface area contributed by atoms with E-state index in [-0.39, 0.29) is 17.7 Å². The van der Waals surface area contributed by atoms with E-state index < -0.39 is 0 Å². The summed E-state index contributed by atoms with van der Waals surface area (Å²) in [6.45, 7) is 0. The Morgan fingerprint density at radius 3 is 2.65 bits per heavy atom. The first-order chi connectivity index (χ1) is 9.52. The Morgan fingerprint density at radius 1 is 1.25 bits per heavy atom. The number of benzene rings is 2. The Morgan fingerprint density at radius 2 is 2.00 bits per heavy atom. The lowest BCUT2D eigenvalue weighted by atomic mass is 9.98. The van der Waals surface area contributed by atoms with Gasteiger partial charge in [0, 0.05) is 16.6 Å². The molecular formula is C15H13BrClF2N. The first-order valence-corrected chi connectivity index (χ1v) is 7.25. The molecule has 2 rings (SSSR count). The number of likely N-dealkylation sites (N-methyl/N-ethyl adjacent to an activating group) is 1. The van der Waals surface area contributed by atoms with Crippen LogP contribution in [0.5, 0.6) is 0 Å². The van der Waals surface area contributed by atoms with Gasteiger partial charge in [0.15, 0.2) is 0 Å². The first-order valence-electron chi connectivity index (χ1n) is 6.08. The minimum Gasteiger partial charge on any atom is -0.313 e. The predicted octanol–water partition coefficient (Wildman–Crippen LogP) is 4.88. The van der Waals surface area contributed by atoms with Crippen LogP contribution < -0.4 is 5.32 Å².